The van der Waals surface area contributed by atoms with Gasteiger partial charge in [-0.05, 0) is 6.92 Å². The van der Waals surface area contributed by atoms with Crippen LogP contribution in [0.4, 0.5) is 0 Å². The van der Waals surface area contributed by atoms with Gasteiger partial charge in [0.25, 0.3) is 0 Å². The minimum Gasteiger partial charge on any atom is -0.494 e. The Hall–Kier alpha value is -0.780. The summed E-state index contributed by atoms with van der Waals surface area (Å²) in [5.41, 5.74) is 14.6. The van der Waals surface area contributed by atoms with Gasteiger partial charge in [0.15, 0.2) is 5.79 Å². The molecule has 0 fully saturated rings. The van der Waals surface area contributed by atoms with Gasteiger partial charge < -0.3 is 5.11 Å². The number of hydrazine groups is 1. The SMILES string of the molecule is CCN1NC(O)=C(C)C1(N)N. The lowest BCUT2D eigenvalue weighted by molar-refractivity contribution is 0.105. The maximum Gasteiger partial charge on any atom is 0.202 e. The highest BCUT2D eigenvalue weighted by atomic mass is 16.3. The molecule has 5 nitrogen and oxygen atoms in total. The predicted octanol–water partition coefficient (Wildman–Crippen LogP) is -0.813. The number of likely N-dealkylation sites (N-methyl/N-ethyl adjacent to an activating group) is 1. The molecule has 0 aliphatic carbocycles. The van der Waals surface area contributed by atoms with Gasteiger partial charge in [-0.25, -0.2) is 0 Å². The van der Waals surface area contributed by atoms with Crippen molar-refractivity contribution in [2.24, 2.45) is 11.5 Å². The van der Waals surface area contributed by atoms with E-state index in [1.165, 1.54) is 0 Å². The molecular weight excluding hydrogens is 144 g/mol. The van der Waals surface area contributed by atoms with Crippen LogP contribution in [0.3, 0.4) is 0 Å². The van der Waals surface area contributed by atoms with E-state index in [2.05, 4.69) is 5.43 Å². The van der Waals surface area contributed by atoms with Gasteiger partial charge in [-0.1, -0.05) is 6.92 Å². The Morgan fingerprint density at radius 1 is 1.64 bits per heavy atom. The molecule has 0 aromatic carbocycles. The summed E-state index contributed by atoms with van der Waals surface area (Å²) in [7, 11) is 0. The van der Waals surface area contributed by atoms with E-state index in [9.17, 15) is 5.11 Å². The fourth-order valence-electron chi connectivity index (χ4n) is 1.04. The van der Waals surface area contributed by atoms with Gasteiger partial charge in [0.05, 0.1) is 0 Å². The molecular formula is C6H14N4O. The molecule has 6 N–H and O–H groups in total. The van der Waals surface area contributed by atoms with Crippen LogP contribution < -0.4 is 16.9 Å². The monoisotopic (exact) mass is 158 g/mol. The van der Waals surface area contributed by atoms with Crippen molar-refractivity contribution < 1.29 is 5.11 Å². The maximum atomic E-state index is 9.20. The Balaban J connectivity index is 2.88. The lowest BCUT2D eigenvalue weighted by Gasteiger charge is -2.30. The molecule has 0 radical (unpaired) electrons. The van der Waals surface area contributed by atoms with Crippen molar-refractivity contribution in [1.82, 2.24) is 10.4 Å². The number of nitrogens with one attached hydrogen (secondary N) is 1. The van der Waals surface area contributed by atoms with E-state index in [0.717, 1.165) is 0 Å². The minimum atomic E-state index is -1.06. The van der Waals surface area contributed by atoms with E-state index < -0.39 is 5.79 Å². The van der Waals surface area contributed by atoms with Crippen molar-refractivity contribution in [3.8, 4) is 0 Å². The van der Waals surface area contributed by atoms with Gasteiger partial charge in [0, 0.05) is 12.1 Å². The molecule has 1 aliphatic heterocycles. The molecule has 1 rings (SSSR count). The summed E-state index contributed by atoms with van der Waals surface area (Å²) >= 11 is 0. The number of nitrogens with zero attached hydrogens (tertiary/aromatic N) is 1. The first-order chi connectivity index (χ1) is 5.00. The smallest absolute Gasteiger partial charge is 0.202 e. The second kappa shape index (κ2) is 2.37. The minimum absolute atomic E-state index is 0.0526. The van der Waals surface area contributed by atoms with E-state index in [-0.39, 0.29) is 5.88 Å². The third kappa shape index (κ3) is 1.07. The third-order valence-corrected chi connectivity index (χ3v) is 1.96. The van der Waals surface area contributed by atoms with Crippen LogP contribution in [-0.2, 0) is 0 Å². The predicted molar refractivity (Wildman–Crippen MR) is 42.0 cm³/mol. The zero-order valence-corrected chi connectivity index (χ0v) is 6.76. The number of hydrogen-bond donors (Lipinski definition) is 4. The lowest BCUT2D eigenvalue weighted by atomic mass is 10.2. The summed E-state index contributed by atoms with van der Waals surface area (Å²) in [5, 5.41) is 10.8. The van der Waals surface area contributed by atoms with Crippen LogP contribution in [0.1, 0.15) is 13.8 Å². The van der Waals surface area contributed by atoms with Gasteiger partial charge in [0.1, 0.15) is 0 Å². The Bertz CT molecular complexity index is 199. The van der Waals surface area contributed by atoms with E-state index in [0.29, 0.717) is 12.1 Å². The van der Waals surface area contributed by atoms with Crippen LogP contribution in [-0.4, -0.2) is 22.4 Å². The summed E-state index contributed by atoms with van der Waals surface area (Å²) in [6.45, 7) is 4.22. The molecule has 0 atom stereocenters. The number of aliphatic hydroxyl groups is 1. The second-order valence-electron chi connectivity index (χ2n) is 2.66. The van der Waals surface area contributed by atoms with Crippen molar-refractivity contribution >= 4 is 0 Å². The van der Waals surface area contributed by atoms with Crippen molar-refractivity contribution in [2.45, 2.75) is 19.6 Å². The molecule has 0 aromatic heterocycles. The largest absolute Gasteiger partial charge is 0.494 e. The van der Waals surface area contributed by atoms with Crippen molar-refractivity contribution in [3.63, 3.8) is 0 Å². The second-order valence-corrected chi connectivity index (χ2v) is 2.66. The molecule has 64 valence electrons. The Morgan fingerprint density at radius 3 is 2.36 bits per heavy atom. The maximum absolute atomic E-state index is 9.20. The van der Waals surface area contributed by atoms with Gasteiger partial charge in [-0.15, -0.1) is 0 Å². The average molecular weight is 158 g/mol. The lowest BCUT2D eigenvalue weighted by Crippen LogP contribution is -2.63. The van der Waals surface area contributed by atoms with E-state index in [1.807, 2.05) is 6.92 Å². The highest BCUT2D eigenvalue weighted by Crippen LogP contribution is 2.19. The van der Waals surface area contributed by atoms with E-state index >= 15 is 0 Å². The molecule has 0 amide bonds. The molecule has 0 bridgehead atoms. The molecule has 0 unspecified atom stereocenters. The molecule has 11 heavy (non-hydrogen) atoms. The molecule has 0 spiro atoms. The highest BCUT2D eigenvalue weighted by Gasteiger charge is 2.37. The van der Waals surface area contributed by atoms with Crippen LogP contribution in [0.25, 0.3) is 0 Å². The zero-order chi connectivity index (χ0) is 8.65. The van der Waals surface area contributed by atoms with Crippen molar-refractivity contribution in [2.75, 3.05) is 6.54 Å². The fourth-order valence-corrected chi connectivity index (χ4v) is 1.04. The zero-order valence-electron chi connectivity index (χ0n) is 6.76. The molecule has 5 heteroatoms. The number of nitrogens with two attached hydrogens (primary N) is 2. The van der Waals surface area contributed by atoms with E-state index in [1.54, 1.807) is 11.9 Å². The highest BCUT2D eigenvalue weighted by molar-refractivity contribution is 5.20. The summed E-state index contributed by atoms with van der Waals surface area (Å²) in [4.78, 5) is 0. The molecule has 1 aliphatic rings. The van der Waals surface area contributed by atoms with Crippen LogP contribution in [0.2, 0.25) is 0 Å². The van der Waals surface area contributed by atoms with Gasteiger partial charge in [-0.2, -0.15) is 5.01 Å². The van der Waals surface area contributed by atoms with Gasteiger partial charge >= 0.3 is 0 Å². The van der Waals surface area contributed by atoms with Crippen molar-refractivity contribution in [1.29, 1.82) is 0 Å². The summed E-state index contributed by atoms with van der Waals surface area (Å²) < 4.78 is 0. The Labute approximate surface area is 65.6 Å². The normalized spacial score (nSPS) is 24.0. The summed E-state index contributed by atoms with van der Waals surface area (Å²) in [5.74, 6) is -1.00. The van der Waals surface area contributed by atoms with Gasteiger partial charge in [-0.3, -0.25) is 16.9 Å². The molecule has 0 saturated carbocycles. The van der Waals surface area contributed by atoms with Crippen LogP contribution in [0, 0.1) is 0 Å². The molecule has 0 aromatic rings. The summed E-state index contributed by atoms with van der Waals surface area (Å²) in [6, 6.07) is 0. The summed E-state index contributed by atoms with van der Waals surface area (Å²) in [6.07, 6.45) is 0. The molecule has 0 saturated heterocycles. The fraction of sp³-hybridized carbons (Fsp3) is 0.667. The first-order valence-electron chi connectivity index (χ1n) is 3.52. The quantitative estimate of drug-likeness (QED) is 0.375. The number of aliphatic hydroxyl groups excluding tert-OH is 1. The van der Waals surface area contributed by atoms with Crippen molar-refractivity contribution in [3.05, 3.63) is 11.5 Å². The Morgan fingerprint density at radius 2 is 2.18 bits per heavy atom. The Kier molecular flexibility index (Phi) is 1.79. The first kappa shape index (κ1) is 8.32. The van der Waals surface area contributed by atoms with E-state index in [4.69, 9.17) is 11.5 Å². The third-order valence-electron chi connectivity index (χ3n) is 1.96. The molecule has 1 heterocycles. The average Bonchev–Trinajstić information content (AvgIpc) is 2.13. The van der Waals surface area contributed by atoms with Crippen LogP contribution in [0.5, 0.6) is 0 Å². The standard InChI is InChI=1S/C6H14N4O/c1-3-10-6(7,8)4(2)5(11)9-10/h9,11H,3,7-8H2,1-2H3. The van der Waals surface area contributed by atoms with Gasteiger partial charge in [0.2, 0.25) is 5.88 Å². The first-order valence-corrected chi connectivity index (χ1v) is 3.52. The van der Waals surface area contributed by atoms with Crippen LogP contribution in [0.15, 0.2) is 11.5 Å². The topological polar surface area (TPSA) is 87.5 Å². The number of rotatable bonds is 1. The van der Waals surface area contributed by atoms with Crippen LogP contribution >= 0.6 is 0 Å². The number of hydrogen-bond acceptors (Lipinski definition) is 5.